The Hall–Kier alpha value is -0.0800. The highest BCUT2D eigenvalue weighted by Gasteiger charge is 2.22. The fourth-order valence-electron chi connectivity index (χ4n) is 2.12. The zero-order valence-corrected chi connectivity index (χ0v) is 11.4. The molecule has 1 aromatic rings. The minimum absolute atomic E-state index is 0.189. The average Bonchev–Trinajstić information content (AvgIpc) is 2.18. The van der Waals surface area contributed by atoms with Crippen molar-refractivity contribution in [3.8, 4) is 0 Å². The van der Waals surface area contributed by atoms with Crippen molar-refractivity contribution >= 4 is 27.5 Å². The number of alkyl halides is 1. The summed E-state index contributed by atoms with van der Waals surface area (Å²) in [5, 5.41) is 0.540. The number of hydrogen-bond donors (Lipinski definition) is 0. The predicted molar refractivity (Wildman–Crippen MR) is 69.8 cm³/mol. The van der Waals surface area contributed by atoms with E-state index in [0.29, 0.717) is 21.8 Å². The van der Waals surface area contributed by atoms with Crippen LogP contribution in [0.25, 0.3) is 0 Å². The van der Waals surface area contributed by atoms with E-state index < -0.39 is 0 Å². The van der Waals surface area contributed by atoms with Gasteiger partial charge in [0.1, 0.15) is 5.82 Å². The molecule has 0 N–H and O–H groups in total. The Labute approximate surface area is 109 Å². The van der Waals surface area contributed by atoms with E-state index in [2.05, 4.69) is 15.9 Å². The van der Waals surface area contributed by atoms with E-state index in [0.717, 1.165) is 12.3 Å². The molecule has 1 aliphatic rings. The van der Waals surface area contributed by atoms with Crippen LogP contribution in [0.15, 0.2) is 18.2 Å². The summed E-state index contributed by atoms with van der Waals surface area (Å²) >= 11 is 9.63. The second-order valence-electron chi connectivity index (χ2n) is 4.53. The minimum Gasteiger partial charge on any atom is -0.207 e. The third kappa shape index (κ3) is 2.98. The van der Waals surface area contributed by atoms with Gasteiger partial charge in [-0.15, -0.1) is 0 Å². The second kappa shape index (κ2) is 5.50. The van der Waals surface area contributed by atoms with Crippen molar-refractivity contribution in [1.82, 2.24) is 0 Å². The van der Waals surface area contributed by atoms with Gasteiger partial charge >= 0.3 is 0 Å². The molecule has 0 nitrogen and oxygen atoms in total. The Balaban J connectivity index is 1.96. The SMILES string of the molecule is Fc1cccc(Cl)c1CC(Br)CC1CCC1. The first-order valence-corrected chi connectivity index (χ1v) is 7.03. The van der Waals surface area contributed by atoms with E-state index in [9.17, 15) is 4.39 Å². The van der Waals surface area contributed by atoms with E-state index in [-0.39, 0.29) is 5.82 Å². The molecule has 0 spiro atoms. The number of hydrogen-bond acceptors (Lipinski definition) is 0. The minimum atomic E-state index is -0.189. The van der Waals surface area contributed by atoms with Crippen molar-refractivity contribution in [3.05, 3.63) is 34.6 Å². The standard InChI is InChI=1S/C13H15BrClF/c14-10(7-9-3-1-4-9)8-11-12(15)5-2-6-13(11)16/h2,5-6,9-10H,1,3-4,7-8H2. The largest absolute Gasteiger partial charge is 0.207 e. The van der Waals surface area contributed by atoms with Crippen LogP contribution < -0.4 is 0 Å². The summed E-state index contributed by atoms with van der Waals surface area (Å²) in [5.74, 6) is 0.639. The third-order valence-corrected chi connectivity index (χ3v) is 4.35. The topological polar surface area (TPSA) is 0 Å². The first-order valence-electron chi connectivity index (χ1n) is 5.73. The van der Waals surface area contributed by atoms with Gasteiger partial charge in [0.15, 0.2) is 0 Å². The van der Waals surface area contributed by atoms with Gasteiger partial charge in [0.05, 0.1) is 0 Å². The highest BCUT2D eigenvalue weighted by Crippen LogP contribution is 2.34. The van der Waals surface area contributed by atoms with Crippen LogP contribution in [0.3, 0.4) is 0 Å². The molecule has 0 saturated heterocycles. The fraction of sp³-hybridized carbons (Fsp3) is 0.538. The predicted octanol–water partition coefficient (Wildman–Crippen LogP) is 4.98. The van der Waals surface area contributed by atoms with Crippen LogP contribution in [0.4, 0.5) is 4.39 Å². The van der Waals surface area contributed by atoms with Crippen LogP contribution in [0.2, 0.25) is 5.02 Å². The van der Waals surface area contributed by atoms with Crippen LogP contribution in [0.5, 0.6) is 0 Å². The molecule has 0 aromatic heterocycles. The highest BCUT2D eigenvalue weighted by molar-refractivity contribution is 9.09. The Bertz CT molecular complexity index is 343. The summed E-state index contributed by atoms with van der Waals surface area (Å²) < 4.78 is 13.5. The lowest BCUT2D eigenvalue weighted by molar-refractivity contribution is 0.294. The van der Waals surface area contributed by atoms with Gasteiger partial charge in [-0.05, 0) is 30.9 Å². The molecule has 1 unspecified atom stereocenters. The lowest BCUT2D eigenvalue weighted by atomic mass is 9.81. The maximum Gasteiger partial charge on any atom is 0.127 e. The van der Waals surface area contributed by atoms with E-state index in [1.807, 2.05) is 0 Å². The van der Waals surface area contributed by atoms with Crippen LogP contribution in [-0.2, 0) is 6.42 Å². The van der Waals surface area contributed by atoms with Crippen molar-refractivity contribution in [1.29, 1.82) is 0 Å². The quantitative estimate of drug-likeness (QED) is 0.689. The van der Waals surface area contributed by atoms with Crippen molar-refractivity contribution < 1.29 is 4.39 Å². The molecule has 1 atom stereocenters. The van der Waals surface area contributed by atoms with Gasteiger partial charge in [0.25, 0.3) is 0 Å². The number of halogens is 3. The normalized spacial score (nSPS) is 18.2. The lowest BCUT2D eigenvalue weighted by Crippen LogP contribution is -2.17. The molecule has 0 bridgehead atoms. The smallest absolute Gasteiger partial charge is 0.127 e. The van der Waals surface area contributed by atoms with Crippen LogP contribution in [0, 0.1) is 11.7 Å². The molecule has 1 saturated carbocycles. The maximum absolute atomic E-state index is 13.5. The molecule has 88 valence electrons. The molecule has 0 radical (unpaired) electrons. The summed E-state index contributed by atoms with van der Waals surface area (Å²) in [5.41, 5.74) is 0.644. The Morgan fingerprint density at radius 2 is 2.19 bits per heavy atom. The number of rotatable bonds is 4. The van der Waals surface area contributed by atoms with Crippen LogP contribution in [-0.4, -0.2) is 4.83 Å². The monoisotopic (exact) mass is 304 g/mol. The maximum atomic E-state index is 13.5. The van der Waals surface area contributed by atoms with Gasteiger partial charge in [-0.1, -0.05) is 52.9 Å². The van der Waals surface area contributed by atoms with Gasteiger partial charge in [-0.3, -0.25) is 0 Å². The van der Waals surface area contributed by atoms with Crippen molar-refractivity contribution in [2.24, 2.45) is 5.92 Å². The lowest BCUT2D eigenvalue weighted by Gasteiger charge is -2.27. The Morgan fingerprint density at radius 1 is 1.44 bits per heavy atom. The van der Waals surface area contributed by atoms with E-state index in [1.165, 1.54) is 25.3 Å². The van der Waals surface area contributed by atoms with Gasteiger partial charge in [-0.2, -0.15) is 0 Å². The molecule has 1 aliphatic carbocycles. The average molecular weight is 306 g/mol. The van der Waals surface area contributed by atoms with Gasteiger partial charge < -0.3 is 0 Å². The van der Waals surface area contributed by atoms with Crippen LogP contribution in [0.1, 0.15) is 31.2 Å². The van der Waals surface area contributed by atoms with E-state index in [1.54, 1.807) is 12.1 Å². The molecular formula is C13H15BrClF. The molecular weight excluding hydrogens is 290 g/mol. The van der Waals surface area contributed by atoms with Gasteiger partial charge in [0.2, 0.25) is 0 Å². The fourth-order valence-corrected chi connectivity index (χ4v) is 3.21. The summed E-state index contributed by atoms with van der Waals surface area (Å²) in [6.07, 6.45) is 5.82. The molecule has 1 aromatic carbocycles. The molecule has 1 fully saturated rings. The molecule has 2 rings (SSSR count). The van der Waals surface area contributed by atoms with Crippen molar-refractivity contribution in [2.45, 2.75) is 36.9 Å². The summed E-state index contributed by atoms with van der Waals surface area (Å²) in [6.45, 7) is 0. The van der Waals surface area contributed by atoms with Gasteiger partial charge in [-0.25, -0.2) is 4.39 Å². The molecule has 3 heteroatoms. The summed E-state index contributed by atoms with van der Waals surface area (Å²) in [4.78, 5) is 0.340. The molecule has 0 amide bonds. The van der Waals surface area contributed by atoms with E-state index >= 15 is 0 Å². The van der Waals surface area contributed by atoms with Crippen molar-refractivity contribution in [3.63, 3.8) is 0 Å². The first-order chi connectivity index (χ1) is 7.66. The summed E-state index contributed by atoms with van der Waals surface area (Å²) in [7, 11) is 0. The summed E-state index contributed by atoms with van der Waals surface area (Å²) in [6, 6.07) is 4.88. The van der Waals surface area contributed by atoms with Gasteiger partial charge in [0, 0.05) is 15.4 Å². The van der Waals surface area contributed by atoms with Crippen LogP contribution >= 0.6 is 27.5 Å². The highest BCUT2D eigenvalue weighted by atomic mass is 79.9. The molecule has 16 heavy (non-hydrogen) atoms. The second-order valence-corrected chi connectivity index (χ2v) is 6.24. The zero-order valence-electron chi connectivity index (χ0n) is 9.06. The molecule has 0 heterocycles. The zero-order chi connectivity index (χ0) is 11.5. The third-order valence-electron chi connectivity index (χ3n) is 3.30. The van der Waals surface area contributed by atoms with Crippen molar-refractivity contribution in [2.75, 3.05) is 0 Å². The van der Waals surface area contributed by atoms with E-state index in [4.69, 9.17) is 11.6 Å². The number of benzene rings is 1. The molecule has 0 aliphatic heterocycles. The first kappa shape index (κ1) is 12.4. The Morgan fingerprint density at radius 3 is 2.75 bits per heavy atom. The Kier molecular flexibility index (Phi) is 4.26.